The number of rotatable bonds is 5. The first kappa shape index (κ1) is 18.0. The largest absolute Gasteiger partial charge is 0.356 e. The number of para-hydroxylation sites is 2. The van der Waals surface area contributed by atoms with Gasteiger partial charge < -0.3 is 16.0 Å². The highest BCUT2D eigenvalue weighted by atomic mass is 32.1. The molecule has 0 unspecified atom stereocenters. The maximum Gasteiger partial charge on any atom is 0.175 e. The molecule has 26 heavy (non-hydrogen) atoms. The van der Waals surface area contributed by atoms with Crippen LogP contribution in [0.4, 0.5) is 22.7 Å². The third-order valence-corrected chi connectivity index (χ3v) is 4.24. The summed E-state index contributed by atoms with van der Waals surface area (Å²) in [6.45, 7) is 4.35. The summed E-state index contributed by atoms with van der Waals surface area (Å²) < 4.78 is 0. The summed E-state index contributed by atoms with van der Waals surface area (Å²) in [6.07, 6.45) is 0. The van der Waals surface area contributed by atoms with E-state index >= 15 is 0 Å². The van der Waals surface area contributed by atoms with Gasteiger partial charge in [0.2, 0.25) is 0 Å². The Kier molecular flexibility index (Phi) is 5.87. The second-order valence-corrected chi connectivity index (χ2v) is 6.80. The summed E-state index contributed by atoms with van der Waals surface area (Å²) in [6, 6.07) is 26.4. The number of benzene rings is 3. The van der Waals surface area contributed by atoms with Gasteiger partial charge in [0.1, 0.15) is 0 Å². The van der Waals surface area contributed by atoms with Crippen LogP contribution in [0.25, 0.3) is 0 Å². The highest BCUT2D eigenvalue weighted by Crippen LogP contribution is 2.24. The van der Waals surface area contributed by atoms with Gasteiger partial charge in [0, 0.05) is 22.7 Å². The van der Waals surface area contributed by atoms with Crippen LogP contribution in [0, 0.1) is 0 Å². The zero-order valence-corrected chi connectivity index (χ0v) is 15.8. The quantitative estimate of drug-likeness (QED) is 0.462. The lowest BCUT2D eigenvalue weighted by Gasteiger charge is -2.16. The Balaban J connectivity index is 1.61. The molecule has 0 saturated carbocycles. The Morgan fingerprint density at radius 2 is 1.27 bits per heavy atom. The first-order valence-corrected chi connectivity index (χ1v) is 9.12. The lowest BCUT2D eigenvalue weighted by molar-refractivity contribution is 0.869. The second-order valence-electron chi connectivity index (χ2n) is 6.39. The minimum atomic E-state index is 0.435. The van der Waals surface area contributed by atoms with Gasteiger partial charge in [-0.2, -0.15) is 0 Å². The summed E-state index contributed by atoms with van der Waals surface area (Å²) in [7, 11) is 0. The zero-order valence-electron chi connectivity index (χ0n) is 15.0. The van der Waals surface area contributed by atoms with E-state index in [-0.39, 0.29) is 0 Å². The van der Waals surface area contributed by atoms with Crippen LogP contribution < -0.4 is 16.0 Å². The summed E-state index contributed by atoms with van der Waals surface area (Å²) in [5.41, 5.74) is 5.34. The first-order chi connectivity index (χ1) is 12.6. The van der Waals surface area contributed by atoms with E-state index in [0.717, 1.165) is 22.7 Å². The summed E-state index contributed by atoms with van der Waals surface area (Å²) in [4.78, 5) is 0. The van der Waals surface area contributed by atoms with Gasteiger partial charge >= 0.3 is 0 Å². The van der Waals surface area contributed by atoms with Crippen LogP contribution in [0.2, 0.25) is 0 Å². The molecule has 0 fully saturated rings. The van der Waals surface area contributed by atoms with Gasteiger partial charge in [-0.25, -0.2) is 0 Å². The van der Waals surface area contributed by atoms with Gasteiger partial charge in [0.15, 0.2) is 5.11 Å². The van der Waals surface area contributed by atoms with Crippen LogP contribution in [0.3, 0.4) is 0 Å². The van der Waals surface area contributed by atoms with Gasteiger partial charge in [-0.15, -0.1) is 0 Å². The van der Waals surface area contributed by atoms with Crippen molar-refractivity contribution in [2.45, 2.75) is 19.8 Å². The zero-order chi connectivity index (χ0) is 18.4. The van der Waals surface area contributed by atoms with Crippen molar-refractivity contribution in [3.05, 3.63) is 84.4 Å². The summed E-state index contributed by atoms with van der Waals surface area (Å²) in [5, 5.41) is 10.5. The molecule has 0 saturated heterocycles. The van der Waals surface area contributed by atoms with Crippen molar-refractivity contribution < 1.29 is 0 Å². The molecule has 4 heteroatoms. The maximum absolute atomic E-state index is 5.46. The molecule has 0 atom stereocenters. The van der Waals surface area contributed by atoms with Crippen LogP contribution in [-0.4, -0.2) is 5.11 Å². The third kappa shape index (κ3) is 4.83. The van der Waals surface area contributed by atoms with Crippen LogP contribution in [0.5, 0.6) is 0 Å². The van der Waals surface area contributed by atoms with E-state index in [1.165, 1.54) is 5.56 Å². The summed E-state index contributed by atoms with van der Waals surface area (Å²) in [5.74, 6) is 0.435. The molecule has 0 aliphatic rings. The SMILES string of the molecule is CC(C)c1ccccc1NC(=S)Nc1ccc(Nc2ccccc2)cc1. The van der Waals surface area contributed by atoms with Crippen LogP contribution in [0.1, 0.15) is 25.3 Å². The van der Waals surface area contributed by atoms with E-state index in [4.69, 9.17) is 12.2 Å². The average Bonchev–Trinajstić information content (AvgIpc) is 2.64. The number of anilines is 4. The molecule has 0 amide bonds. The molecule has 0 spiro atoms. The smallest absolute Gasteiger partial charge is 0.175 e. The van der Waals surface area contributed by atoms with Crippen molar-refractivity contribution in [3.63, 3.8) is 0 Å². The molecule has 3 nitrogen and oxygen atoms in total. The molecule has 3 rings (SSSR count). The predicted octanol–water partition coefficient (Wildman–Crippen LogP) is 6.36. The second kappa shape index (κ2) is 8.50. The minimum absolute atomic E-state index is 0.435. The molecule has 0 bridgehead atoms. The van der Waals surface area contributed by atoms with Crippen LogP contribution >= 0.6 is 12.2 Å². The highest BCUT2D eigenvalue weighted by Gasteiger charge is 2.07. The van der Waals surface area contributed by atoms with Gasteiger partial charge in [0.05, 0.1) is 0 Å². The number of hydrogen-bond acceptors (Lipinski definition) is 2. The van der Waals surface area contributed by atoms with E-state index in [2.05, 4.69) is 48.0 Å². The lowest BCUT2D eigenvalue weighted by Crippen LogP contribution is -2.20. The number of nitrogens with one attached hydrogen (secondary N) is 3. The lowest BCUT2D eigenvalue weighted by atomic mass is 10.0. The number of thiocarbonyl (C=S) groups is 1. The summed E-state index contributed by atoms with van der Waals surface area (Å²) >= 11 is 5.46. The van der Waals surface area contributed by atoms with E-state index < -0.39 is 0 Å². The predicted molar refractivity (Wildman–Crippen MR) is 117 cm³/mol. The highest BCUT2D eigenvalue weighted by molar-refractivity contribution is 7.80. The fourth-order valence-corrected chi connectivity index (χ4v) is 2.95. The molecule has 0 radical (unpaired) electrons. The van der Waals surface area contributed by atoms with Crippen LogP contribution in [0.15, 0.2) is 78.9 Å². The standard InChI is InChI=1S/C22H23N3S/c1-16(2)20-10-6-7-11-21(20)25-22(26)24-19-14-12-18(13-15-19)23-17-8-4-3-5-9-17/h3-16,23H,1-2H3,(H2,24,25,26). The van der Waals surface area contributed by atoms with E-state index in [9.17, 15) is 0 Å². The van der Waals surface area contributed by atoms with E-state index in [0.29, 0.717) is 11.0 Å². The van der Waals surface area contributed by atoms with Crippen molar-refractivity contribution in [1.82, 2.24) is 0 Å². The van der Waals surface area contributed by atoms with Crippen molar-refractivity contribution in [2.24, 2.45) is 0 Å². The van der Waals surface area contributed by atoms with Crippen molar-refractivity contribution in [3.8, 4) is 0 Å². The molecular weight excluding hydrogens is 338 g/mol. The Morgan fingerprint density at radius 1 is 0.692 bits per heavy atom. The molecule has 3 aromatic rings. The monoisotopic (exact) mass is 361 g/mol. The molecule has 0 aliphatic carbocycles. The molecule has 0 aromatic heterocycles. The molecule has 0 heterocycles. The number of hydrogen-bond donors (Lipinski definition) is 3. The third-order valence-electron chi connectivity index (χ3n) is 4.04. The van der Waals surface area contributed by atoms with Gasteiger partial charge in [0.25, 0.3) is 0 Å². The average molecular weight is 362 g/mol. The van der Waals surface area contributed by atoms with Gasteiger partial charge in [-0.1, -0.05) is 50.2 Å². The Morgan fingerprint density at radius 3 is 1.96 bits per heavy atom. The first-order valence-electron chi connectivity index (χ1n) is 8.71. The fraction of sp³-hybridized carbons (Fsp3) is 0.136. The molecule has 0 aliphatic heterocycles. The molecule has 3 N–H and O–H groups in total. The van der Waals surface area contributed by atoms with Crippen LogP contribution in [-0.2, 0) is 0 Å². The van der Waals surface area contributed by atoms with Gasteiger partial charge in [-0.05, 0) is 66.2 Å². The van der Waals surface area contributed by atoms with Crippen molar-refractivity contribution in [2.75, 3.05) is 16.0 Å². The molecule has 3 aromatic carbocycles. The Labute approximate surface area is 160 Å². The van der Waals surface area contributed by atoms with Gasteiger partial charge in [-0.3, -0.25) is 0 Å². The molecular formula is C22H23N3S. The fourth-order valence-electron chi connectivity index (χ4n) is 2.72. The Hall–Kier alpha value is -2.85. The maximum atomic E-state index is 5.46. The van der Waals surface area contributed by atoms with E-state index in [1.807, 2.05) is 60.7 Å². The normalized spacial score (nSPS) is 10.4. The molecule has 132 valence electrons. The minimum Gasteiger partial charge on any atom is -0.356 e. The topological polar surface area (TPSA) is 36.1 Å². The van der Waals surface area contributed by atoms with E-state index in [1.54, 1.807) is 0 Å². The van der Waals surface area contributed by atoms with Crippen molar-refractivity contribution >= 4 is 40.1 Å². The van der Waals surface area contributed by atoms with Crippen molar-refractivity contribution in [1.29, 1.82) is 0 Å². The Bertz CT molecular complexity index is 858.